The number of carbonyl (C=O) groups excluding carboxylic acids is 1. The lowest BCUT2D eigenvalue weighted by atomic mass is 10.1. The number of nitrogens with zero attached hydrogens (tertiary/aromatic N) is 3. The van der Waals surface area contributed by atoms with Crippen molar-refractivity contribution in [2.75, 3.05) is 13.2 Å². The van der Waals surface area contributed by atoms with Crippen molar-refractivity contribution >= 4 is 5.91 Å². The number of amides is 1. The summed E-state index contributed by atoms with van der Waals surface area (Å²) in [5, 5.41) is 4.49. The first-order valence-corrected chi connectivity index (χ1v) is 9.29. The van der Waals surface area contributed by atoms with Gasteiger partial charge in [0.25, 0.3) is 5.91 Å². The van der Waals surface area contributed by atoms with Gasteiger partial charge in [0.1, 0.15) is 18.2 Å². The molecule has 5 nitrogen and oxygen atoms in total. The van der Waals surface area contributed by atoms with Crippen LogP contribution in [-0.2, 0) is 13.1 Å². The molecular formula is C20H24FN3O2. The largest absolute Gasteiger partial charge is 0.491 e. The second kappa shape index (κ2) is 6.74. The van der Waals surface area contributed by atoms with E-state index in [0.717, 1.165) is 25.1 Å². The quantitative estimate of drug-likeness (QED) is 0.840. The average Bonchev–Trinajstić information content (AvgIpc) is 3.38. The van der Waals surface area contributed by atoms with E-state index in [1.807, 2.05) is 4.68 Å². The highest BCUT2D eigenvalue weighted by Gasteiger charge is 2.34. The Hall–Kier alpha value is -2.37. The molecule has 0 saturated heterocycles. The van der Waals surface area contributed by atoms with Crippen LogP contribution in [-0.4, -0.2) is 33.7 Å². The van der Waals surface area contributed by atoms with Crippen LogP contribution in [0.25, 0.3) is 0 Å². The molecule has 0 spiro atoms. The highest BCUT2D eigenvalue weighted by Crippen LogP contribution is 2.42. The van der Waals surface area contributed by atoms with Gasteiger partial charge in [-0.15, -0.1) is 0 Å². The molecule has 138 valence electrons. The summed E-state index contributed by atoms with van der Waals surface area (Å²) >= 11 is 0. The Morgan fingerprint density at radius 2 is 2.19 bits per heavy atom. The molecule has 26 heavy (non-hydrogen) atoms. The summed E-state index contributed by atoms with van der Waals surface area (Å²) in [7, 11) is 0. The Morgan fingerprint density at radius 1 is 1.38 bits per heavy atom. The lowest BCUT2D eigenvalue weighted by molar-refractivity contribution is 0.0731. The maximum atomic E-state index is 13.6. The normalized spacial score (nSPS) is 17.0. The van der Waals surface area contributed by atoms with Crippen LogP contribution in [0.15, 0.2) is 24.4 Å². The van der Waals surface area contributed by atoms with E-state index >= 15 is 0 Å². The van der Waals surface area contributed by atoms with Gasteiger partial charge >= 0.3 is 0 Å². The van der Waals surface area contributed by atoms with Crippen LogP contribution in [0.2, 0.25) is 0 Å². The van der Waals surface area contributed by atoms with Gasteiger partial charge in [-0.2, -0.15) is 5.10 Å². The molecule has 0 bridgehead atoms. The van der Waals surface area contributed by atoms with Crippen LogP contribution in [0.3, 0.4) is 0 Å². The van der Waals surface area contributed by atoms with Gasteiger partial charge in [0.15, 0.2) is 0 Å². The molecular weight excluding hydrogens is 333 g/mol. The molecule has 2 aliphatic rings. The smallest absolute Gasteiger partial charge is 0.257 e. The van der Waals surface area contributed by atoms with E-state index in [4.69, 9.17) is 4.74 Å². The minimum atomic E-state index is -0.315. The Bertz CT molecular complexity index is 826. The molecule has 0 N–H and O–H groups in total. The molecule has 6 heteroatoms. The zero-order valence-corrected chi connectivity index (χ0v) is 15.2. The summed E-state index contributed by atoms with van der Waals surface area (Å²) in [4.78, 5) is 15.0. The van der Waals surface area contributed by atoms with Crippen molar-refractivity contribution in [2.45, 2.75) is 45.7 Å². The van der Waals surface area contributed by atoms with Gasteiger partial charge in [-0.1, -0.05) is 13.8 Å². The predicted octanol–water partition coefficient (Wildman–Crippen LogP) is 3.59. The van der Waals surface area contributed by atoms with Gasteiger partial charge in [-0.05, 0) is 37.0 Å². The van der Waals surface area contributed by atoms with Crippen molar-refractivity contribution in [3.8, 4) is 5.75 Å². The van der Waals surface area contributed by atoms with E-state index in [1.54, 1.807) is 17.2 Å². The summed E-state index contributed by atoms with van der Waals surface area (Å²) in [6.45, 7) is 6.36. The standard InChI is InChI=1S/C20H24FN3O2/c1-13(2)11-24-19(14-3-4-14)17(10-22-24)20(25)23-7-8-26-18-6-5-16(21)9-15(18)12-23/h5-6,9-10,13-14H,3-4,7-8,11-12H2,1-2H3. The van der Waals surface area contributed by atoms with Crippen molar-refractivity contribution < 1.29 is 13.9 Å². The van der Waals surface area contributed by atoms with E-state index in [9.17, 15) is 9.18 Å². The van der Waals surface area contributed by atoms with E-state index in [2.05, 4.69) is 18.9 Å². The molecule has 1 saturated carbocycles. The molecule has 1 aromatic heterocycles. The number of hydrogen-bond acceptors (Lipinski definition) is 3. The Kier molecular flexibility index (Phi) is 4.42. The van der Waals surface area contributed by atoms with E-state index < -0.39 is 0 Å². The average molecular weight is 357 g/mol. The summed E-state index contributed by atoms with van der Waals surface area (Å²) in [5.41, 5.74) is 2.46. The van der Waals surface area contributed by atoms with Crippen LogP contribution < -0.4 is 4.74 Å². The highest BCUT2D eigenvalue weighted by atomic mass is 19.1. The molecule has 0 atom stereocenters. The third-order valence-corrected chi connectivity index (χ3v) is 4.90. The van der Waals surface area contributed by atoms with Gasteiger partial charge in [0.05, 0.1) is 24.0 Å². The number of benzene rings is 1. The number of hydrogen-bond donors (Lipinski definition) is 0. The Morgan fingerprint density at radius 3 is 2.92 bits per heavy atom. The first-order chi connectivity index (χ1) is 12.5. The monoisotopic (exact) mass is 357 g/mol. The molecule has 1 aliphatic carbocycles. The SMILES string of the molecule is CC(C)Cn1ncc(C(=O)N2CCOc3ccc(F)cc3C2)c1C1CC1. The number of fused-ring (bicyclic) bond motifs is 1. The van der Waals surface area contributed by atoms with Crippen molar-refractivity contribution in [2.24, 2.45) is 5.92 Å². The van der Waals surface area contributed by atoms with Crippen LogP contribution in [0, 0.1) is 11.7 Å². The summed E-state index contributed by atoms with van der Waals surface area (Å²) in [6, 6.07) is 4.47. The maximum absolute atomic E-state index is 13.6. The fourth-order valence-corrected chi connectivity index (χ4v) is 3.54. The molecule has 0 unspecified atom stereocenters. The minimum Gasteiger partial charge on any atom is -0.491 e. The molecule has 1 aliphatic heterocycles. The number of ether oxygens (including phenoxy) is 1. The molecule has 2 heterocycles. The van der Waals surface area contributed by atoms with Crippen LogP contribution >= 0.6 is 0 Å². The van der Waals surface area contributed by atoms with Crippen molar-refractivity contribution in [3.05, 3.63) is 47.0 Å². The van der Waals surface area contributed by atoms with Gasteiger partial charge < -0.3 is 9.64 Å². The van der Waals surface area contributed by atoms with Gasteiger partial charge in [0.2, 0.25) is 0 Å². The second-order valence-electron chi connectivity index (χ2n) is 7.62. The van der Waals surface area contributed by atoms with Crippen LogP contribution in [0.5, 0.6) is 5.75 Å². The van der Waals surface area contributed by atoms with Crippen molar-refractivity contribution in [1.29, 1.82) is 0 Å². The number of aromatic nitrogens is 2. The first kappa shape index (κ1) is 17.1. The number of carbonyl (C=O) groups is 1. The van der Waals surface area contributed by atoms with Crippen LogP contribution in [0.1, 0.15) is 54.2 Å². The van der Waals surface area contributed by atoms with Crippen molar-refractivity contribution in [1.82, 2.24) is 14.7 Å². The molecule has 4 rings (SSSR count). The topological polar surface area (TPSA) is 47.4 Å². The first-order valence-electron chi connectivity index (χ1n) is 9.29. The third kappa shape index (κ3) is 3.32. The lowest BCUT2D eigenvalue weighted by Gasteiger charge is -2.20. The number of halogens is 1. The predicted molar refractivity (Wildman–Crippen MR) is 95.7 cm³/mol. The highest BCUT2D eigenvalue weighted by molar-refractivity contribution is 5.95. The van der Waals surface area contributed by atoms with Crippen LogP contribution in [0.4, 0.5) is 4.39 Å². The van der Waals surface area contributed by atoms with E-state index in [-0.39, 0.29) is 11.7 Å². The maximum Gasteiger partial charge on any atom is 0.257 e. The summed E-state index contributed by atoms with van der Waals surface area (Å²) in [6.07, 6.45) is 3.93. The molecule has 0 radical (unpaired) electrons. The van der Waals surface area contributed by atoms with Gasteiger partial charge in [-0.3, -0.25) is 9.48 Å². The Balaban J connectivity index is 1.62. The lowest BCUT2D eigenvalue weighted by Crippen LogP contribution is -2.33. The second-order valence-corrected chi connectivity index (χ2v) is 7.62. The Labute approximate surface area is 152 Å². The number of rotatable bonds is 4. The molecule has 2 aromatic rings. The fraction of sp³-hybridized carbons (Fsp3) is 0.500. The molecule has 1 aromatic carbocycles. The van der Waals surface area contributed by atoms with Gasteiger partial charge in [-0.25, -0.2) is 4.39 Å². The molecule has 1 fully saturated rings. The minimum absolute atomic E-state index is 0.0392. The third-order valence-electron chi connectivity index (χ3n) is 4.90. The summed E-state index contributed by atoms with van der Waals surface area (Å²) < 4.78 is 21.3. The van der Waals surface area contributed by atoms with Crippen molar-refractivity contribution in [3.63, 3.8) is 0 Å². The van der Waals surface area contributed by atoms with E-state index in [1.165, 1.54) is 12.1 Å². The van der Waals surface area contributed by atoms with E-state index in [0.29, 0.717) is 48.4 Å². The van der Waals surface area contributed by atoms with Gasteiger partial charge in [0, 0.05) is 24.6 Å². The molecule has 1 amide bonds. The zero-order valence-electron chi connectivity index (χ0n) is 15.2. The summed E-state index contributed by atoms with van der Waals surface area (Å²) in [5.74, 6) is 1.20. The zero-order chi connectivity index (χ0) is 18.3. The fourth-order valence-electron chi connectivity index (χ4n) is 3.54.